The fourth-order valence-corrected chi connectivity index (χ4v) is 4.40. The van der Waals surface area contributed by atoms with Crippen LogP contribution in [0.5, 0.6) is 0 Å². The molecular formula is C16H4N4S2. The maximum absolute atomic E-state index is 9.23. The Morgan fingerprint density at radius 2 is 1.09 bits per heavy atom. The van der Waals surface area contributed by atoms with Gasteiger partial charge in [0.2, 0.25) is 0 Å². The minimum atomic E-state index is 0.0359. The van der Waals surface area contributed by atoms with E-state index in [9.17, 15) is 21.0 Å². The summed E-state index contributed by atoms with van der Waals surface area (Å²) >= 11 is 2.79. The Balaban J connectivity index is 2.89. The standard InChI is InChI=1S/C16H4N4S2/c17-5-9(6-18)13-11-1-3-21-15(11)14(10(7-19)8-20)16-12(13)2-4-22-16/h1-4H. The number of thiophene rings is 2. The maximum atomic E-state index is 9.23. The van der Waals surface area contributed by atoms with Crippen molar-refractivity contribution in [3.05, 3.63) is 33.3 Å². The van der Waals surface area contributed by atoms with Gasteiger partial charge in [0.25, 0.3) is 0 Å². The highest BCUT2D eigenvalue weighted by Gasteiger charge is 2.14. The van der Waals surface area contributed by atoms with E-state index in [1.54, 1.807) is 0 Å². The summed E-state index contributed by atoms with van der Waals surface area (Å²) in [5.74, 6) is 0. The molecule has 2 aromatic heterocycles. The molecule has 0 unspecified atom stereocenters. The van der Waals surface area contributed by atoms with E-state index in [1.165, 1.54) is 22.7 Å². The van der Waals surface area contributed by atoms with Crippen molar-refractivity contribution in [2.24, 2.45) is 0 Å². The summed E-state index contributed by atoms with van der Waals surface area (Å²) in [4.78, 5) is 0. The molecule has 0 spiro atoms. The van der Waals surface area contributed by atoms with Gasteiger partial charge in [-0.3, -0.25) is 0 Å². The van der Waals surface area contributed by atoms with E-state index in [2.05, 4.69) is 0 Å². The van der Waals surface area contributed by atoms with Crippen LogP contribution in [-0.2, 0) is 0 Å². The minimum Gasteiger partial charge on any atom is -0.192 e. The molecule has 0 fully saturated rings. The van der Waals surface area contributed by atoms with Crippen LogP contribution < -0.4 is 10.4 Å². The van der Waals surface area contributed by atoms with Gasteiger partial charge in [0.05, 0.1) is 0 Å². The van der Waals surface area contributed by atoms with Gasteiger partial charge in [0, 0.05) is 30.6 Å². The van der Waals surface area contributed by atoms with Crippen LogP contribution >= 0.6 is 22.7 Å². The Labute approximate surface area is 132 Å². The molecule has 0 amide bonds. The third-order valence-corrected chi connectivity index (χ3v) is 5.13. The number of fused-ring (bicyclic) bond motifs is 2. The summed E-state index contributed by atoms with van der Waals surface area (Å²) in [5, 5.41) is 43.2. The number of rotatable bonds is 0. The molecule has 0 atom stereocenters. The Kier molecular flexibility index (Phi) is 3.34. The molecule has 0 saturated carbocycles. The second-order valence-electron chi connectivity index (χ2n) is 4.27. The molecule has 0 radical (unpaired) electrons. The maximum Gasteiger partial charge on any atom is 0.139 e. The second-order valence-corrected chi connectivity index (χ2v) is 6.11. The van der Waals surface area contributed by atoms with Crippen molar-refractivity contribution < 1.29 is 0 Å². The van der Waals surface area contributed by atoms with Gasteiger partial charge in [-0.15, -0.1) is 22.7 Å². The molecule has 6 heteroatoms. The summed E-state index contributed by atoms with van der Waals surface area (Å²) in [6.45, 7) is 0. The number of hydrogen-bond acceptors (Lipinski definition) is 6. The van der Waals surface area contributed by atoms with Crippen molar-refractivity contribution in [1.29, 1.82) is 21.0 Å². The SMILES string of the molecule is N#CC(C#N)=c1c2ccsc2c(=C(C#N)C#N)c2sccc12. The lowest BCUT2D eigenvalue weighted by Gasteiger charge is -1.99. The average Bonchev–Trinajstić information content (AvgIpc) is 3.19. The Hall–Kier alpha value is -3.16. The fraction of sp³-hybridized carbons (Fsp3) is 0. The van der Waals surface area contributed by atoms with E-state index in [4.69, 9.17) is 0 Å². The van der Waals surface area contributed by atoms with Crippen molar-refractivity contribution in [1.82, 2.24) is 0 Å². The monoisotopic (exact) mass is 316 g/mol. The number of hydrogen-bond donors (Lipinski definition) is 0. The first kappa shape index (κ1) is 13.8. The summed E-state index contributed by atoms with van der Waals surface area (Å²) in [6.07, 6.45) is 0. The topological polar surface area (TPSA) is 95.2 Å². The van der Waals surface area contributed by atoms with Crippen LogP contribution in [0, 0.1) is 45.3 Å². The third kappa shape index (κ3) is 1.77. The van der Waals surface area contributed by atoms with Gasteiger partial charge < -0.3 is 0 Å². The Morgan fingerprint density at radius 1 is 0.682 bits per heavy atom. The van der Waals surface area contributed by atoms with Crippen molar-refractivity contribution >= 4 is 54.0 Å². The van der Waals surface area contributed by atoms with Crippen LogP contribution in [0.4, 0.5) is 0 Å². The molecule has 4 nitrogen and oxygen atoms in total. The zero-order valence-corrected chi connectivity index (χ0v) is 12.5. The number of nitriles is 4. The molecule has 3 aromatic rings. The Morgan fingerprint density at radius 3 is 1.50 bits per heavy atom. The molecule has 0 saturated heterocycles. The van der Waals surface area contributed by atoms with Gasteiger partial charge >= 0.3 is 0 Å². The van der Waals surface area contributed by atoms with Crippen LogP contribution in [0.15, 0.2) is 22.9 Å². The Bertz CT molecular complexity index is 1030. The first-order chi connectivity index (χ1) is 10.8. The largest absolute Gasteiger partial charge is 0.192 e. The van der Waals surface area contributed by atoms with Crippen LogP contribution in [0.2, 0.25) is 0 Å². The average molecular weight is 316 g/mol. The highest BCUT2D eigenvalue weighted by atomic mass is 32.1. The van der Waals surface area contributed by atoms with Gasteiger partial charge in [0.1, 0.15) is 35.4 Å². The molecule has 0 aliphatic rings. The first-order valence-corrected chi connectivity index (χ1v) is 7.78. The minimum absolute atomic E-state index is 0.0359. The van der Waals surface area contributed by atoms with Crippen molar-refractivity contribution in [2.45, 2.75) is 0 Å². The molecule has 0 aliphatic carbocycles. The van der Waals surface area contributed by atoms with Crippen molar-refractivity contribution in [3.8, 4) is 24.3 Å². The molecule has 0 aliphatic heterocycles. The summed E-state index contributed by atoms with van der Waals surface area (Å²) in [7, 11) is 0. The molecule has 1 aromatic carbocycles. The van der Waals surface area contributed by atoms with Crippen molar-refractivity contribution in [2.75, 3.05) is 0 Å². The molecular weight excluding hydrogens is 312 g/mol. The molecule has 0 N–H and O–H groups in total. The van der Waals surface area contributed by atoms with E-state index < -0.39 is 0 Å². The molecule has 0 bridgehead atoms. The van der Waals surface area contributed by atoms with Crippen LogP contribution in [-0.4, -0.2) is 0 Å². The number of benzene rings is 1. The van der Waals surface area contributed by atoms with Crippen LogP contribution in [0.25, 0.3) is 31.3 Å². The molecule has 3 rings (SSSR count). The lowest BCUT2D eigenvalue weighted by molar-refractivity contribution is 1.50. The van der Waals surface area contributed by atoms with Gasteiger partial charge in [-0.2, -0.15) is 21.0 Å². The highest BCUT2D eigenvalue weighted by Crippen LogP contribution is 2.23. The van der Waals surface area contributed by atoms with E-state index in [1.807, 2.05) is 47.2 Å². The molecule has 100 valence electrons. The third-order valence-electron chi connectivity index (χ3n) is 3.27. The highest BCUT2D eigenvalue weighted by molar-refractivity contribution is 7.19. The quantitative estimate of drug-likeness (QED) is 0.636. The lowest BCUT2D eigenvalue weighted by atomic mass is 10.0. The van der Waals surface area contributed by atoms with E-state index >= 15 is 0 Å². The predicted molar refractivity (Wildman–Crippen MR) is 85.7 cm³/mol. The van der Waals surface area contributed by atoms with Crippen molar-refractivity contribution in [3.63, 3.8) is 0 Å². The van der Waals surface area contributed by atoms with E-state index in [0.717, 1.165) is 20.2 Å². The molecule has 2 heterocycles. The smallest absolute Gasteiger partial charge is 0.139 e. The van der Waals surface area contributed by atoms with Gasteiger partial charge in [-0.25, -0.2) is 0 Å². The number of nitrogens with zero attached hydrogens (tertiary/aromatic N) is 4. The summed E-state index contributed by atoms with van der Waals surface area (Å²) in [6, 6.07) is 11.4. The van der Waals surface area contributed by atoms with Gasteiger partial charge in [-0.1, -0.05) is 0 Å². The van der Waals surface area contributed by atoms with Gasteiger partial charge in [0.15, 0.2) is 0 Å². The van der Waals surface area contributed by atoms with Gasteiger partial charge in [-0.05, 0) is 22.9 Å². The summed E-state index contributed by atoms with van der Waals surface area (Å²) in [5.41, 5.74) is 0.0794. The zero-order valence-electron chi connectivity index (χ0n) is 10.9. The fourth-order valence-electron chi connectivity index (χ4n) is 2.42. The van der Waals surface area contributed by atoms with E-state index in [-0.39, 0.29) is 11.1 Å². The first-order valence-electron chi connectivity index (χ1n) is 6.02. The van der Waals surface area contributed by atoms with Crippen LogP contribution in [0.1, 0.15) is 0 Å². The lowest BCUT2D eigenvalue weighted by Crippen LogP contribution is -2.15. The molecule has 22 heavy (non-hydrogen) atoms. The summed E-state index contributed by atoms with van der Waals surface area (Å²) < 4.78 is 1.51. The second kappa shape index (κ2) is 5.32. The predicted octanol–water partition coefficient (Wildman–Crippen LogP) is 2.51. The van der Waals surface area contributed by atoms with E-state index in [0.29, 0.717) is 10.4 Å². The van der Waals surface area contributed by atoms with Crippen LogP contribution in [0.3, 0.4) is 0 Å². The zero-order chi connectivity index (χ0) is 15.7. The normalized spacial score (nSPS) is 9.64.